The van der Waals surface area contributed by atoms with Crippen LogP contribution in [0.5, 0.6) is 0 Å². The van der Waals surface area contributed by atoms with Gasteiger partial charge in [0.05, 0.1) is 12.1 Å². The Morgan fingerprint density at radius 2 is 2.10 bits per heavy atom. The van der Waals surface area contributed by atoms with Gasteiger partial charge in [0.1, 0.15) is 0 Å². The Kier molecular flexibility index (Phi) is 5.18. The van der Waals surface area contributed by atoms with Gasteiger partial charge in [-0.3, -0.25) is 4.79 Å². The summed E-state index contributed by atoms with van der Waals surface area (Å²) >= 11 is 0. The topological polar surface area (TPSA) is 41.1 Å². The van der Waals surface area contributed by atoms with Gasteiger partial charge in [0, 0.05) is 0 Å². The molecule has 1 aromatic carbocycles. The molecule has 2 rings (SSSR count). The molecule has 1 aliphatic heterocycles. The van der Waals surface area contributed by atoms with Crippen LogP contribution in [0, 0.1) is 13.8 Å². The molecule has 0 bridgehead atoms. The zero-order valence-corrected chi connectivity index (χ0v) is 12.8. The first-order valence-electron chi connectivity index (χ1n) is 7.69. The molecular weight excluding hydrogens is 248 g/mol. The van der Waals surface area contributed by atoms with Crippen molar-refractivity contribution in [2.24, 2.45) is 0 Å². The van der Waals surface area contributed by atoms with Gasteiger partial charge in [-0.05, 0) is 51.3 Å². The minimum atomic E-state index is -0.0225. The van der Waals surface area contributed by atoms with Crippen molar-refractivity contribution >= 4 is 5.91 Å². The molecule has 2 N–H and O–H groups in total. The molecule has 1 amide bonds. The molecule has 0 aromatic heterocycles. The summed E-state index contributed by atoms with van der Waals surface area (Å²) < 4.78 is 0. The SMILES string of the molecule is Cc1ccc(C(C)NC(=O)C2CCCCCN2)c(C)c1. The lowest BCUT2D eigenvalue weighted by atomic mass is 10.00. The summed E-state index contributed by atoms with van der Waals surface area (Å²) in [6.07, 6.45) is 4.49. The van der Waals surface area contributed by atoms with Crippen molar-refractivity contribution in [2.45, 2.75) is 58.5 Å². The highest BCUT2D eigenvalue weighted by atomic mass is 16.2. The van der Waals surface area contributed by atoms with E-state index in [1.165, 1.54) is 29.5 Å². The van der Waals surface area contributed by atoms with E-state index in [1.54, 1.807) is 0 Å². The summed E-state index contributed by atoms with van der Waals surface area (Å²) in [5.41, 5.74) is 3.71. The number of nitrogens with one attached hydrogen (secondary N) is 2. The van der Waals surface area contributed by atoms with Crippen molar-refractivity contribution in [2.75, 3.05) is 6.54 Å². The zero-order valence-electron chi connectivity index (χ0n) is 12.8. The molecule has 20 heavy (non-hydrogen) atoms. The van der Waals surface area contributed by atoms with Crippen molar-refractivity contribution in [1.29, 1.82) is 0 Å². The van der Waals surface area contributed by atoms with Gasteiger partial charge in [-0.2, -0.15) is 0 Å². The fraction of sp³-hybridized carbons (Fsp3) is 0.588. The third-order valence-electron chi connectivity index (χ3n) is 4.13. The monoisotopic (exact) mass is 274 g/mol. The van der Waals surface area contributed by atoms with Gasteiger partial charge in [-0.25, -0.2) is 0 Å². The lowest BCUT2D eigenvalue weighted by Crippen LogP contribution is -2.44. The van der Waals surface area contributed by atoms with Gasteiger partial charge in [-0.1, -0.05) is 36.6 Å². The Morgan fingerprint density at radius 1 is 1.30 bits per heavy atom. The second kappa shape index (κ2) is 6.89. The number of hydrogen-bond donors (Lipinski definition) is 2. The van der Waals surface area contributed by atoms with Crippen LogP contribution in [0.4, 0.5) is 0 Å². The van der Waals surface area contributed by atoms with Gasteiger partial charge >= 0.3 is 0 Å². The average Bonchev–Trinajstić information content (AvgIpc) is 2.67. The van der Waals surface area contributed by atoms with E-state index in [2.05, 4.69) is 49.6 Å². The molecule has 0 aliphatic carbocycles. The summed E-state index contributed by atoms with van der Waals surface area (Å²) in [7, 11) is 0. The number of hydrogen-bond acceptors (Lipinski definition) is 2. The van der Waals surface area contributed by atoms with E-state index < -0.39 is 0 Å². The van der Waals surface area contributed by atoms with Crippen LogP contribution in [0.25, 0.3) is 0 Å². The lowest BCUT2D eigenvalue weighted by Gasteiger charge is -2.21. The first-order valence-corrected chi connectivity index (χ1v) is 7.69. The molecule has 1 aliphatic rings. The second-order valence-electron chi connectivity index (χ2n) is 5.95. The molecule has 1 fully saturated rings. The Morgan fingerprint density at radius 3 is 2.85 bits per heavy atom. The van der Waals surface area contributed by atoms with Gasteiger partial charge in [-0.15, -0.1) is 0 Å². The molecule has 0 radical (unpaired) electrons. The molecule has 0 spiro atoms. The van der Waals surface area contributed by atoms with E-state index in [4.69, 9.17) is 0 Å². The van der Waals surface area contributed by atoms with Crippen LogP contribution < -0.4 is 10.6 Å². The Labute approximate surface area is 122 Å². The molecule has 1 heterocycles. The van der Waals surface area contributed by atoms with Crippen LogP contribution in [-0.4, -0.2) is 18.5 Å². The van der Waals surface area contributed by atoms with Crippen molar-refractivity contribution in [1.82, 2.24) is 10.6 Å². The van der Waals surface area contributed by atoms with Gasteiger partial charge in [0.25, 0.3) is 0 Å². The molecule has 3 nitrogen and oxygen atoms in total. The largest absolute Gasteiger partial charge is 0.348 e. The van der Waals surface area contributed by atoms with Crippen LogP contribution in [0.1, 0.15) is 55.3 Å². The van der Waals surface area contributed by atoms with E-state index in [1.807, 2.05) is 0 Å². The van der Waals surface area contributed by atoms with E-state index >= 15 is 0 Å². The highest BCUT2D eigenvalue weighted by Crippen LogP contribution is 2.19. The molecule has 1 saturated heterocycles. The minimum Gasteiger partial charge on any atom is -0.348 e. The maximum absolute atomic E-state index is 12.3. The number of rotatable bonds is 3. The summed E-state index contributed by atoms with van der Waals surface area (Å²) in [5, 5.41) is 6.50. The first kappa shape index (κ1) is 15.0. The number of carbonyl (C=O) groups excluding carboxylic acids is 1. The van der Waals surface area contributed by atoms with E-state index in [0.29, 0.717) is 0 Å². The normalized spacial score (nSPS) is 21.1. The third kappa shape index (κ3) is 3.83. The standard InChI is InChI=1S/C17H26N2O/c1-12-8-9-15(13(2)11-12)14(3)19-17(20)16-7-5-4-6-10-18-16/h8-9,11,14,16,18H,4-7,10H2,1-3H3,(H,19,20). The molecule has 0 saturated carbocycles. The smallest absolute Gasteiger partial charge is 0.237 e. The molecule has 2 atom stereocenters. The van der Waals surface area contributed by atoms with E-state index in [0.717, 1.165) is 19.4 Å². The Balaban J connectivity index is 1.99. The third-order valence-corrected chi connectivity index (χ3v) is 4.13. The second-order valence-corrected chi connectivity index (χ2v) is 5.95. The Hall–Kier alpha value is -1.35. The van der Waals surface area contributed by atoms with E-state index in [-0.39, 0.29) is 18.0 Å². The van der Waals surface area contributed by atoms with Gasteiger partial charge in [0.15, 0.2) is 0 Å². The first-order chi connectivity index (χ1) is 9.58. The number of carbonyl (C=O) groups is 1. The highest BCUT2D eigenvalue weighted by molar-refractivity contribution is 5.82. The summed E-state index contributed by atoms with van der Waals surface area (Å²) in [4.78, 5) is 12.3. The maximum Gasteiger partial charge on any atom is 0.237 e. The van der Waals surface area contributed by atoms with Gasteiger partial charge in [0.2, 0.25) is 5.91 Å². The number of benzene rings is 1. The minimum absolute atomic E-state index is 0.0225. The van der Waals surface area contributed by atoms with Crippen molar-refractivity contribution in [3.63, 3.8) is 0 Å². The Bertz CT molecular complexity index is 462. The van der Waals surface area contributed by atoms with E-state index in [9.17, 15) is 4.79 Å². The lowest BCUT2D eigenvalue weighted by molar-refractivity contribution is -0.123. The molecule has 1 aromatic rings. The van der Waals surface area contributed by atoms with Crippen LogP contribution >= 0.6 is 0 Å². The predicted octanol–water partition coefficient (Wildman–Crippen LogP) is 3.01. The molecule has 3 heteroatoms. The van der Waals surface area contributed by atoms with Crippen molar-refractivity contribution in [3.05, 3.63) is 34.9 Å². The van der Waals surface area contributed by atoms with Crippen LogP contribution in [0.15, 0.2) is 18.2 Å². The van der Waals surface area contributed by atoms with Crippen molar-refractivity contribution < 1.29 is 4.79 Å². The quantitative estimate of drug-likeness (QED) is 0.889. The highest BCUT2D eigenvalue weighted by Gasteiger charge is 2.21. The predicted molar refractivity (Wildman–Crippen MR) is 82.7 cm³/mol. The summed E-state index contributed by atoms with van der Waals surface area (Å²) in [5.74, 6) is 0.138. The maximum atomic E-state index is 12.3. The summed E-state index contributed by atoms with van der Waals surface area (Å²) in [6, 6.07) is 6.44. The molecular formula is C17H26N2O. The van der Waals surface area contributed by atoms with Crippen LogP contribution in [0.2, 0.25) is 0 Å². The van der Waals surface area contributed by atoms with Crippen LogP contribution in [0.3, 0.4) is 0 Å². The fourth-order valence-corrected chi connectivity index (χ4v) is 2.96. The molecule has 2 unspecified atom stereocenters. The number of aryl methyl sites for hydroxylation is 2. The van der Waals surface area contributed by atoms with Gasteiger partial charge < -0.3 is 10.6 Å². The number of amides is 1. The van der Waals surface area contributed by atoms with Crippen molar-refractivity contribution in [3.8, 4) is 0 Å². The average molecular weight is 274 g/mol. The summed E-state index contributed by atoms with van der Waals surface area (Å²) in [6.45, 7) is 7.21. The molecule has 110 valence electrons. The fourth-order valence-electron chi connectivity index (χ4n) is 2.96. The van der Waals surface area contributed by atoms with Crippen LogP contribution in [-0.2, 0) is 4.79 Å². The zero-order chi connectivity index (χ0) is 14.5.